The molecule has 0 radical (unpaired) electrons. The van der Waals surface area contributed by atoms with Crippen molar-refractivity contribution in [2.45, 2.75) is 90.3 Å². The summed E-state index contributed by atoms with van der Waals surface area (Å²) >= 11 is 1.53. The number of anilines is 2. The molecule has 0 bridgehead atoms. The van der Waals surface area contributed by atoms with Gasteiger partial charge >= 0.3 is 0 Å². The van der Waals surface area contributed by atoms with Crippen molar-refractivity contribution in [1.82, 2.24) is 35.6 Å². The number of hydrogen-bond donors (Lipinski definition) is 5. The number of phenols is 1. The lowest BCUT2D eigenvalue weighted by Gasteiger charge is -2.36. The minimum atomic E-state index is -1.97. The lowest BCUT2D eigenvalue weighted by Crippen LogP contribution is -2.59. The molecular weight excluding hydrogens is 862 g/mol. The number of alkyl halides is 1. The second-order valence-corrected chi connectivity index (χ2v) is 19.5. The summed E-state index contributed by atoms with van der Waals surface area (Å²) in [4.78, 5) is 51.9. The quantitative estimate of drug-likeness (QED) is 0.0896. The number of aryl methyl sites for hydroxylation is 1. The number of aromatic nitrogens is 3. The number of aromatic hydroxyl groups is 1. The first-order valence-corrected chi connectivity index (χ1v) is 23.3. The lowest BCUT2D eigenvalue weighted by molar-refractivity contribution is -0.145. The highest BCUT2D eigenvalue weighted by Gasteiger charge is 2.53. The maximum Gasteiger partial charge on any atom is 0.258 e. The summed E-state index contributed by atoms with van der Waals surface area (Å²) in [5.41, 5.74) is 12.2. The van der Waals surface area contributed by atoms with Crippen molar-refractivity contribution in [3.05, 3.63) is 101 Å². The predicted molar refractivity (Wildman–Crippen MR) is 251 cm³/mol. The fraction of sp³-hybridized carbons (Fsp3) is 0.429. The van der Waals surface area contributed by atoms with Crippen molar-refractivity contribution in [3.63, 3.8) is 0 Å². The summed E-state index contributed by atoms with van der Waals surface area (Å²) in [5.74, 6) is -0.711. The molecule has 0 unspecified atom stereocenters. The number of hydrogen-bond acceptors (Lipinski definition) is 13. The van der Waals surface area contributed by atoms with Crippen LogP contribution >= 0.6 is 11.3 Å². The standard InChI is InChI=1S/C49H58FN9O6S/c1-30-42(66-29-53-30)33-13-14-34(26-52-45(62)39-24-35(60)28-59(39)46(63)43(48(2,3)4)54-47(64)49(50)16-17-49)41(23-33)65-22-15-31-9-11-32(12-10-31)27-57-18-20-58(21-19-57)38-25-37(55-56-44(38)51)36-7-5-6-8-40(36)61/h5-14,23,25,29,35,39,43,60-61H,15-22,24,26-28H2,1-4H3,(H2,51,56)(H,52,62)(H,54,64)/t35-,39-,43+/m0/s1. The van der Waals surface area contributed by atoms with Crippen LogP contribution in [0.15, 0.2) is 78.3 Å². The number of ether oxygens (including phenoxy) is 1. The number of carbonyl (C=O) groups is 3. The van der Waals surface area contributed by atoms with E-state index in [9.17, 15) is 29.0 Å². The Bertz CT molecular complexity index is 2560. The number of amides is 3. The third-order valence-electron chi connectivity index (χ3n) is 12.6. The fourth-order valence-electron chi connectivity index (χ4n) is 8.53. The highest BCUT2D eigenvalue weighted by atomic mass is 32.1. The number of carbonyl (C=O) groups excluding carboxylic acids is 3. The van der Waals surface area contributed by atoms with Crippen LogP contribution in [-0.4, -0.2) is 116 Å². The average molecular weight is 920 g/mol. The Labute approximate surface area is 388 Å². The zero-order valence-corrected chi connectivity index (χ0v) is 38.6. The summed E-state index contributed by atoms with van der Waals surface area (Å²) in [6.45, 7) is 11.7. The maximum absolute atomic E-state index is 14.7. The van der Waals surface area contributed by atoms with E-state index in [1.807, 2.05) is 43.3 Å². The van der Waals surface area contributed by atoms with Crippen LogP contribution in [-0.2, 0) is 33.9 Å². The number of likely N-dealkylation sites (tertiary alicyclic amines) is 1. The van der Waals surface area contributed by atoms with E-state index in [4.69, 9.17) is 10.5 Å². The molecule has 1 aliphatic carbocycles. The van der Waals surface area contributed by atoms with Gasteiger partial charge in [-0.2, -0.15) is 0 Å². The van der Waals surface area contributed by atoms with E-state index < -0.39 is 47.0 Å². The molecule has 3 aromatic carbocycles. The summed E-state index contributed by atoms with van der Waals surface area (Å²) < 4.78 is 21.1. The Morgan fingerprint density at radius 3 is 2.41 bits per heavy atom. The third kappa shape index (κ3) is 10.6. The number of phenolic OH excluding ortho intramolecular Hbond substituents is 1. The second kappa shape index (κ2) is 19.4. The highest BCUT2D eigenvalue weighted by molar-refractivity contribution is 7.13. The van der Waals surface area contributed by atoms with Gasteiger partial charge in [0.05, 0.1) is 40.2 Å². The number of thiazole rings is 1. The summed E-state index contributed by atoms with van der Waals surface area (Å²) in [6.07, 6.45) is -0.0483. The fourth-order valence-corrected chi connectivity index (χ4v) is 9.34. The number of halogens is 1. The summed E-state index contributed by atoms with van der Waals surface area (Å²) in [5, 5.41) is 35.0. The molecule has 17 heteroatoms. The molecule has 8 rings (SSSR count). The van der Waals surface area contributed by atoms with E-state index in [0.717, 1.165) is 65.7 Å². The van der Waals surface area contributed by atoms with Crippen LogP contribution in [0.5, 0.6) is 11.5 Å². The number of nitrogens with one attached hydrogen (secondary N) is 2. The van der Waals surface area contributed by atoms with Crippen molar-refractivity contribution in [2.24, 2.45) is 5.41 Å². The zero-order valence-electron chi connectivity index (χ0n) is 37.8. The minimum absolute atomic E-state index is 0.0290. The monoisotopic (exact) mass is 919 g/mol. The first-order valence-electron chi connectivity index (χ1n) is 22.5. The Kier molecular flexibility index (Phi) is 13.6. The smallest absolute Gasteiger partial charge is 0.258 e. The molecular formula is C49H58FN9O6S. The number of piperazine rings is 1. The Morgan fingerprint density at radius 2 is 1.73 bits per heavy atom. The van der Waals surface area contributed by atoms with Gasteiger partial charge in [-0.25, -0.2) is 9.37 Å². The van der Waals surface area contributed by atoms with E-state index >= 15 is 0 Å². The van der Waals surface area contributed by atoms with E-state index in [1.165, 1.54) is 21.8 Å². The number of benzene rings is 3. The van der Waals surface area contributed by atoms with E-state index in [0.29, 0.717) is 35.9 Å². The van der Waals surface area contributed by atoms with E-state index in [1.54, 1.807) is 38.4 Å². The number of nitrogens with zero attached hydrogens (tertiary/aromatic N) is 6. The number of aliphatic hydroxyl groups excluding tert-OH is 1. The van der Waals surface area contributed by atoms with Crippen LogP contribution in [0, 0.1) is 12.3 Å². The first kappa shape index (κ1) is 46.4. The number of rotatable bonds is 15. The molecule has 3 atom stereocenters. The molecule has 2 saturated heterocycles. The molecule has 66 heavy (non-hydrogen) atoms. The molecule has 6 N–H and O–H groups in total. The second-order valence-electron chi connectivity index (χ2n) is 18.6. The number of nitrogens with two attached hydrogens (primary N) is 1. The maximum atomic E-state index is 14.7. The van der Waals surface area contributed by atoms with E-state index in [-0.39, 0.29) is 38.1 Å². The van der Waals surface area contributed by atoms with Crippen LogP contribution in [0.1, 0.15) is 62.4 Å². The van der Waals surface area contributed by atoms with Crippen LogP contribution in [0.4, 0.5) is 15.9 Å². The molecule has 2 aliphatic heterocycles. The Balaban J connectivity index is 0.871. The molecule has 5 aromatic rings. The van der Waals surface area contributed by atoms with Crippen molar-refractivity contribution >= 4 is 40.6 Å². The molecule has 4 heterocycles. The van der Waals surface area contributed by atoms with Gasteiger partial charge in [0.1, 0.15) is 23.6 Å². The van der Waals surface area contributed by atoms with Crippen molar-refractivity contribution in [2.75, 3.05) is 50.0 Å². The SMILES string of the molecule is Cc1ncsc1-c1ccc(CNC(=O)[C@@H]2C[C@H](O)CN2C(=O)[C@@H](NC(=O)C2(F)CC2)C(C)(C)C)c(OCCc2ccc(CN3CCN(c4cc(-c5ccccc5O)nnc4N)CC3)cc2)c1. The Hall–Kier alpha value is -6.17. The van der Waals surface area contributed by atoms with Crippen LogP contribution in [0.3, 0.4) is 0 Å². The summed E-state index contributed by atoms with van der Waals surface area (Å²) in [7, 11) is 0. The van der Waals surface area contributed by atoms with Gasteiger partial charge in [-0.1, -0.05) is 69.3 Å². The molecule has 3 fully saturated rings. The molecule has 0 spiro atoms. The molecule has 1 saturated carbocycles. The van der Waals surface area contributed by atoms with Gasteiger partial charge in [0.25, 0.3) is 5.91 Å². The lowest BCUT2D eigenvalue weighted by atomic mass is 9.85. The minimum Gasteiger partial charge on any atom is -0.507 e. The van der Waals surface area contributed by atoms with Crippen molar-refractivity contribution in [3.8, 4) is 33.2 Å². The van der Waals surface area contributed by atoms with Gasteiger partial charge < -0.3 is 41.1 Å². The molecule has 2 aromatic heterocycles. The van der Waals surface area contributed by atoms with E-state index in [2.05, 4.69) is 59.9 Å². The van der Waals surface area contributed by atoms with Crippen molar-refractivity contribution in [1.29, 1.82) is 0 Å². The molecule has 3 amide bonds. The third-order valence-corrected chi connectivity index (χ3v) is 13.6. The van der Waals surface area contributed by atoms with Crippen LogP contribution in [0.25, 0.3) is 21.7 Å². The van der Waals surface area contributed by atoms with Gasteiger partial charge in [0, 0.05) is 69.8 Å². The average Bonchev–Trinajstić information content (AvgIpc) is 3.70. The first-order chi connectivity index (χ1) is 31.6. The molecule has 3 aliphatic rings. The van der Waals surface area contributed by atoms with Gasteiger partial charge in [-0.15, -0.1) is 21.5 Å². The van der Waals surface area contributed by atoms with Gasteiger partial charge in [-0.05, 0) is 66.1 Å². The number of aliphatic hydroxyl groups is 1. The normalized spacial score (nSPS) is 18.8. The van der Waals surface area contributed by atoms with Crippen LogP contribution in [0.2, 0.25) is 0 Å². The number of para-hydroxylation sites is 1. The van der Waals surface area contributed by atoms with Gasteiger partial charge in [0.15, 0.2) is 11.5 Å². The molecule has 15 nitrogen and oxygen atoms in total. The highest BCUT2D eigenvalue weighted by Crippen LogP contribution is 2.41. The number of nitrogen functional groups attached to an aromatic ring is 1. The topological polar surface area (TPSA) is 199 Å². The largest absolute Gasteiger partial charge is 0.507 e. The number of β-amino-alcohol motifs (C(OH)–C–C–N with tert-alkyl or cyclic N) is 1. The van der Waals surface area contributed by atoms with Gasteiger partial charge in [-0.3, -0.25) is 19.3 Å². The van der Waals surface area contributed by atoms with Gasteiger partial charge in [0.2, 0.25) is 11.8 Å². The predicted octanol–water partition coefficient (Wildman–Crippen LogP) is 5.42. The Morgan fingerprint density at radius 1 is 1.00 bits per heavy atom. The van der Waals surface area contributed by atoms with Crippen LogP contribution < -0.4 is 26.0 Å². The van der Waals surface area contributed by atoms with Crippen molar-refractivity contribution < 1.29 is 33.7 Å². The summed E-state index contributed by atoms with van der Waals surface area (Å²) in [6, 6.07) is 21.2. The molecule has 348 valence electrons. The zero-order chi connectivity index (χ0) is 46.8.